The third-order valence-electron chi connectivity index (χ3n) is 2.54. The van der Waals surface area contributed by atoms with Crippen LogP contribution in [0.1, 0.15) is 5.82 Å². The number of imidazole rings is 1. The zero-order valence-corrected chi connectivity index (χ0v) is 8.61. The number of fused-ring (bicyclic) bond motifs is 1. The monoisotopic (exact) mass is 213 g/mol. The van der Waals surface area contributed by atoms with Gasteiger partial charge in [0.25, 0.3) is 0 Å². The smallest absolute Gasteiger partial charge is 0.160 e. The summed E-state index contributed by atoms with van der Waals surface area (Å²) in [6, 6.07) is 10.0. The number of nitrogens with zero attached hydrogens (tertiary/aromatic N) is 4. The molecule has 5 nitrogen and oxygen atoms in total. The fraction of sp³-hybridized carbons (Fsp3) is 0.0909. The number of hydrogen-bond acceptors (Lipinski definition) is 3. The molecule has 80 valence electrons. The van der Waals surface area contributed by atoms with E-state index in [9.17, 15) is 0 Å². The predicted octanol–water partition coefficient (Wildman–Crippen LogP) is 0.979. The molecule has 0 saturated heterocycles. The van der Waals surface area contributed by atoms with E-state index in [0.29, 0.717) is 6.54 Å². The lowest BCUT2D eigenvalue weighted by molar-refractivity contribution is 0.827. The molecule has 0 aliphatic heterocycles. The van der Waals surface area contributed by atoms with E-state index >= 15 is 0 Å². The van der Waals surface area contributed by atoms with Crippen molar-refractivity contribution in [3.8, 4) is 5.69 Å². The summed E-state index contributed by atoms with van der Waals surface area (Å²) in [7, 11) is 0. The third kappa shape index (κ3) is 1.22. The number of benzene rings is 1. The highest BCUT2D eigenvalue weighted by Crippen LogP contribution is 2.12. The molecule has 0 amide bonds. The van der Waals surface area contributed by atoms with Gasteiger partial charge in [-0.25, -0.2) is 4.98 Å². The second-order valence-electron chi connectivity index (χ2n) is 3.49. The molecule has 5 heteroatoms. The van der Waals surface area contributed by atoms with Crippen LogP contribution >= 0.6 is 0 Å². The molecule has 1 aromatic carbocycles. The van der Waals surface area contributed by atoms with Crippen LogP contribution in [0.4, 0.5) is 0 Å². The molecule has 2 N–H and O–H groups in total. The molecule has 16 heavy (non-hydrogen) atoms. The maximum Gasteiger partial charge on any atom is 0.160 e. The van der Waals surface area contributed by atoms with Crippen molar-refractivity contribution in [2.45, 2.75) is 6.54 Å². The van der Waals surface area contributed by atoms with Crippen LogP contribution in [-0.4, -0.2) is 19.2 Å². The zero-order chi connectivity index (χ0) is 11.0. The number of aromatic nitrogens is 4. The quantitative estimate of drug-likeness (QED) is 0.690. The molecule has 3 aromatic rings. The Kier molecular flexibility index (Phi) is 1.97. The fourth-order valence-corrected chi connectivity index (χ4v) is 1.75. The maximum absolute atomic E-state index is 5.58. The van der Waals surface area contributed by atoms with Crippen molar-refractivity contribution >= 4 is 5.65 Å². The predicted molar refractivity (Wildman–Crippen MR) is 60.2 cm³/mol. The van der Waals surface area contributed by atoms with Gasteiger partial charge >= 0.3 is 0 Å². The zero-order valence-electron chi connectivity index (χ0n) is 8.61. The van der Waals surface area contributed by atoms with Crippen molar-refractivity contribution < 1.29 is 0 Å². The summed E-state index contributed by atoms with van der Waals surface area (Å²) in [4.78, 5) is 4.21. The first-order valence-electron chi connectivity index (χ1n) is 5.05. The molecular weight excluding hydrogens is 202 g/mol. The molecule has 0 radical (unpaired) electrons. The van der Waals surface area contributed by atoms with E-state index in [1.807, 2.05) is 34.9 Å². The van der Waals surface area contributed by atoms with Crippen molar-refractivity contribution in [3.05, 3.63) is 48.7 Å². The normalized spacial score (nSPS) is 11.1. The minimum absolute atomic E-state index is 0.389. The van der Waals surface area contributed by atoms with Crippen molar-refractivity contribution in [2.75, 3.05) is 0 Å². The Hall–Kier alpha value is -2.14. The molecule has 0 saturated carbocycles. The topological polar surface area (TPSA) is 61.1 Å². The fourth-order valence-electron chi connectivity index (χ4n) is 1.75. The van der Waals surface area contributed by atoms with Gasteiger partial charge in [-0.05, 0) is 12.1 Å². The van der Waals surface area contributed by atoms with Crippen molar-refractivity contribution in [2.24, 2.45) is 5.73 Å². The van der Waals surface area contributed by atoms with Crippen molar-refractivity contribution in [1.82, 2.24) is 19.2 Å². The van der Waals surface area contributed by atoms with Crippen LogP contribution in [-0.2, 0) is 6.54 Å². The average Bonchev–Trinajstić information content (AvgIpc) is 2.90. The van der Waals surface area contributed by atoms with Gasteiger partial charge in [0.05, 0.1) is 12.7 Å². The summed E-state index contributed by atoms with van der Waals surface area (Å²) >= 11 is 0. The minimum Gasteiger partial charge on any atom is -0.324 e. The van der Waals surface area contributed by atoms with Gasteiger partial charge in [0.15, 0.2) is 5.65 Å². The first-order valence-corrected chi connectivity index (χ1v) is 5.05. The number of rotatable bonds is 2. The summed E-state index contributed by atoms with van der Waals surface area (Å²) in [6.45, 7) is 0.389. The maximum atomic E-state index is 5.58. The molecule has 0 spiro atoms. The van der Waals surface area contributed by atoms with Gasteiger partial charge in [-0.2, -0.15) is 9.61 Å². The molecule has 2 heterocycles. The first kappa shape index (κ1) is 9.11. The highest BCUT2D eigenvalue weighted by atomic mass is 15.4. The van der Waals surface area contributed by atoms with E-state index in [-0.39, 0.29) is 0 Å². The number of hydrogen-bond donors (Lipinski definition) is 1. The van der Waals surface area contributed by atoms with Gasteiger partial charge in [-0.15, -0.1) is 0 Å². The van der Waals surface area contributed by atoms with Gasteiger partial charge in [-0.3, -0.25) is 4.57 Å². The van der Waals surface area contributed by atoms with Crippen molar-refractivity contribution in [1.29, 1.82) is 0 Å². The van der Waals surface area contributed by atoms with Gasteiger partial charge in [0.1, 0.15) is 12.2 Å². The summed E-state index contributed by atoms with van der Waals surface area (Å²) in [5, 5.41) is 4.26. The first-order chi connectivity index (χ1) is 7.90. The van der Waals surface area contributed by atoms with Crippen molar-refractivity contribution in [3.63, 3.8) is 0 Å². The van der Waals surface area contributed by atoms with Gasteiger partial charge in [0.2, 0.25) is 0 Å². The van der Waals surface area contributed by atoms with E-state index in [1.165, 1.54) is 0 Å². The van der Waals surface area contributed by atoms with Crippen LogP contribution in [0.25, 0.3) is 11.3 Å². The minimum atomic E-state index is 0.389. The third-order valence-corrected chi connectivity index (χ3v) is 2.54. The lowest BCUT2D eigenvalue weighted by atomic mass is 10.3. The summed E-state index contributed by atoms with van der Waals surface area (Å²) < 4.78 is 3.74. The summed E-state index contributed by atoms with van der Waals surface area (Å²) in [6.07, 6.45) is 3.55. The molecule has 2 aromatic heterocycles. The Morgan fingerprint density at radius 3 is 2.75 bits per heavy atom. The van der Waals surface area contributed by atoms with Gasteiger partial charge in [0, 0.05) is 5.69 Å². The Balaban J connectivity index is 2.22. The highest BCUT2D eigenvalue weighted by molar-refractivity contribution is 5.47. The Bertz CT molecular complexity index is 608. The van der Waals surface area contributed by atoms with Gasteiger partial charge in [-0.1, -0.05) is 18.2 Å². The van der Waals surface area contributed by atoms with E-state index < -0.39 is 0 Å². The van der Waals surface area contributed by atoms with Crippen LogP contribution in [0, 0.1) is 0 Å². The molecule has 0 bridgehead atoms. The van der Waals surface area contributed by atoms with Gasteiger partial charge < -0.3 is 5.73 Å². The lowest BCUT2D eigenvalue weighted by Gasteiger charge is -2.00. The summed E-state index contributed by atoms with van der Waals surface area (Å²) in [5.41, 5.74) is 7.56. The average molecular weight is 213 g/mol. The molecule has 0 unspecified atom stereocenters. The molecule has 0 aliphatic rings. The molecular formula is C11H11N5. The van der Waals surface area contributed by atoms with E-state index in [1.54, 1.807) is 17.0 Å². The Morgan fingerprint density at radius 2 is 2.00 bits per heavy atom. The van der Waals surface area contributed by atoms with E-state index in [4.69, 9.17) is 5.73 Å². The van der Waals surface area contributed by atoms with Crippen LogP contribution < -0.4 is 5.73 Å². The lowest BCUT2D eigenvalue weighted by Crippen LogP contribution is -2.02. The van der Waals surface area contributed by atoms with Crippen LogP contribution in [0.15, 0.2) is 42.9 Å². The Labute approximate surface area is 92.1 Å². The van der Waals surface area contributed by atoms with Crippen LogP contribution in [0.3, 0.4) is 0 Å². The Morgan fingerprint density at radius 1 is 1.19 bits per heavy atom. The molecule has 3 rings (SSSR count). The molecule has 0 atom stereocenters. The number of nitrogens with two attached hydrogens (primary N) is 1. The highest BCUT2D eigenvalue weighted by Gasteiger charge is 2.08. The molecule has 0 fully saturated rings. The standard InChI is InChI=1S/C11H11N5/c12-6-10-13-7-11-15(8-14-16(10)11)9-4-2-1-3-5-9/h1-5,7-8H,6,12H2. The SMILES string of the molecule is NCc1ncc2n(-c3ccccc3)cnn12. The molecule has 0 aliphatic carbocycles. The van der Waals surface area contributed by atoms with E-state index in [2.05, 4.69) is 10.1 Å². The summed E-state index contributed by atoms with van der Waals surface area (Å²) in [5.74, 6) is 0.768. The van der Waals surface area contributed by atoms with Crippen LogP contribution in [0.5, 0.6) is 0 Å². The van der Waals surface area contributed by atoms with Crippen LogP contribution in [0.2, 0.25) is 0 Å². The largest absolute Gasteiger partial charge is 0.324 e. The second kappa shape index (κ2) is 3.46. The number of para-hydroxylation sites is 1. The van der Waals surface area contributed by atoms with E-state index in [0.717, 1.165) is 17.2 Å². The second-order valence-corrected chi connectivity index (χ2v) is 3.49.